The monoisotopic (exact) mass is 470 g/mol. The van der Waals surface area contributed by atoms with Gasteiger partial charge in [-0.25, -0.2) is 4.57 Å². The Morgan fingerprint density at radius 1 is 0.806 bits per heavy atom. The average Bonchev–Trinajstić information content (AvgIpc) is 3.17. The molecule has 0 aliphatic rings. The summed E-state index contributed by atoms with van der Waals surface area (Å²) >= 11 is 0. The Hall–Kier alpha value is -3.72. The summed E-state index contributed by atoms with van der Waals surface area (Å²) in [7, 11) is 2.14. The zero-order valence-corrected chi connectivity index (χ0v) is 22.2. The van der Waals surface area contributed by atoms with Crippen LogP contribution in [0.4, 0.5) is 0 Å². The summed E-state index contributed by atoms with van der Waals surface area (Å²) in [6.07, 6.45) is 3.04. The maximum Gasteiger partial charge on any atom is 0.287 e. The van der Waals surface area contributed by atoms with Crippen molar-refractivity contribution in [3.8, 4) is 0 Å². The largest absolute Gasteiger partial charge is 0.307 e. The van der Waals surface area contributed by atoms with Gasteiger partial charge in [-0.15, -0.1) is 0 Å². The third-order valence-corrected chi connectivity index (χ3v) is 8.15. The second-order valence-corrected chi connectivity index (χ2v) is 12.0. The fraction of sp³-hybridized carbons (Fsp3) is 0.273. The zero-order valence-electron chi connectivity index (χ0n) is 22.2. The van der Waals surface area contributed by atoms with Gasteiger partial charge in [0.2, 0.25) is 0 Å². The van der Waals surface area contributed by atoms with E-state index in [4.69, 9.17) is 4.98 Å². The van der Waals surface area contributed by atoms with Crippen LogP contribution in [0.1, 0.15) is 43.0 Å². The Labute approximate surface area is 211 Å². The molecular weight excluding hydrogens is 438 g/mol. The van der Waals surface area contributed by atoms with Crippen molar-refractivity contribution >= 4 is 59.9 Å². The van der Waals surface area contributed by atoms with Crippen molar-refractivity contribution in [1.29, 1.82) is 0 Å². The number of hydrogen-bond acceptors (Lipinski definition) is 1. The topological polar surface area (TPSA) is 21.2 Å². The van der Waals surface area contributed by atoms with Crippen LogP contribution >= 0.6 is 0 Å². The Kier molecular flexibility index (Phi) is 4.16. The first-order valence-electron chi connectivity index (χ1n) is 12.9. The highest BCUT2D eigenvalue weighted by atomic mass is 15.0. The minimum absolute atomic E-state index is 0.251. The van der Waals surface area contributed by atoms with Crippen LogP contribution in [0.2, 0.25) is 0 Å². The first-order chi connectivity index (χ1) is 17.2. The molecule has 0 saturated carbocycles. The lowest BCUT2D eigenvalue weighted by atomic mass is 9.86. The van der Waals surface area contributed by atoms with Gasteiger partial charge in [-0.2, -0.15) is 0 Å². The molecule has 0 aliphatic heterocycles. The first kappa shape index (κ1) is 21.6. The third-order valence-electron chi connectivity index (χ3n) is 8.15. The van der Waals surface area contributed by atoms with Crippen molar-refractivity contribution in [2.24, 2.45) is 12.5 Å². The molecule has 7 aromatic rings. The van der Waals surface area contributed by atoms with E-state index in [9.17, 15) is 0 Å². The molecule has 3 heterocycles. The van der Waals surface area contributed by atoms with E-state index in [0.717, 1.165) is 11.9 Å². The van der Waals surface area contributed by atoms with E-state index in [1.54, 1.807) is 0 Å². The summed E-state index contributed by atoms with van der Waals surface area (Å²) in [6.45, 7) is 13.8. The summed E-state index contributed by atoms with van der Waals surface area (Å²) in [5, 5.41) is 7.96. The summed E-state index contributed by atoms with van der Waals surface area (Å²) < 4.78 is 4.76. The maximum absolute atomic E-state index is 4.85. The van der Waals surface area contributed by atoms with Gasteiger partial charge >= 0.3 is 0 Å². The van der Waals surface area contributed by atoms with Gasteiger partial charge in [0.05, 0.1) is 34.4 Å². The van der Waals surface area contributed by atoms with Crippen molar-refractivity contribution in [2.45, 2.75) is 48.0 Å². The quantitative estimate of drug-likeness (QED) is 0.136. The molecule has 3 heteroatoms. The number of aryl methyl sites for hydroxylation is 4. The maximum atomic E-state index is 4.85. The molecule has 0 radical (unpaired) electrons. The van der Waals surface area contributed by atoms with Crippen molar-refractivity contribution in [3.63, 3.8) is 0 Å². The van der Waals surface area contributed by atoms with E-state index in [2.05, 4.69) is 106 Å². The molecule has 7 rings (SSSR count). The summed E-state index contributed by atoms with van der Waals surface area (Å²) in [4.78, 5) is 4.85. The highest BCUT2D eigenvalue weighted by Gasteiger charge is 2.26. The van der Waals surface area contributed by atoms with Crippen LogP contribution in [0, 0.1) is 26.2 Å². The first-order valence-corrected chi connectivity index (χ1v) is 12.9. The lowest BCUT2D eigenvalue weighted by Gasteiger charge is -2.20. The van der Waals surface area contributed by atoms with Crippen LogP contribution in [0.25, 0.3) is 59.9 Å². The minimum atomic E-state index is 0.251. The van der Waals surface area contributed by atoms with Crippen LogP contribution in [-0.4, -0.2) is 9.38 Å². The summed E-state index contributed by atoms with van der Waals surface area (Å²) in [5.41, 5.74) is 11.9. The van der Waals surface area contributed by atoms with Gasteiger partial charge < -0.3 is 4.40 Å². The molecule has 0 aliphatic carbocycles. The zero-order chi connectivity index (χ0) is 25.1. The van der Waals surface area contributed by atoms with Crippen LogP contribution in [0.5, 0.6) is 0 Å². The molecule has 0 saturated heterocycles. The average molecular weight is 471 g/mol. The van der Waals surface area contributed by atoms with Crippen molar-refractivity contribution in [3.05, 3.63) is 77.1 Å². The highest BCUT2D eigenvalue weighted by molar-refractivity contribution is 6.28. The number of benzene rings is 4. The van der Waals surface area contributed by atoms with Gasteiger partial charge in [0.25, 0.3) is 6.33 Å². The molecule has 0 unspecified atom stereocenters. The van der Waals surface area contributed by atoms with Gasteiger partial charge in [0, 0.05) is 10.8 Å². The number of pyridine rings is 1. The smallest absolute Gasteiger partial charge is 0.287 e. The van der Waals surface area contributed by atoms with Crippen molar-refractivity contribution in [2.75, 3.05) is 0 Å². The Morgan fingerprint density at radius 2 is 1.58 bits per heavy atom. The SMILES string of the molecule is Cc1cccc2c1c1ccc3nc[n+](C)c4c5c(C)c6cc(CC(C)(C)C)ccc6c(C)c5n2c1c34. The van der Waals surface area contributed by atoms with Crippen molar-refractivity contribution < 1.29 is 4.57 Å². The van der Waals surface area contributed by atoms with E-state index < -0.39 is 0 Å². The molecule has 0 N–H and O–H groups in total. The molecule has 36 heavy (non-hydrogen) atoms. The third kappa shape index (κ3) is 2.69. The molecule has 0 bridgehead atoms. The highest BCUT2D eigenvalue weighted by Crippen LogP contribution is 2.44. The number of rotatable bonds is 1. The van der Waals surface area contributed by atoms with Crippen LogP contribution in [-0.2, 0) is 13.5 Å². The Balaban J connectivity index is 1.82. The van der Waals surface area contributed by atoms with E-state index in [1.807, 2.05) is 6.33 Å². The molecular formula is C33H32N3+. The second kappa shape index (κ2) is 6.94. The number of fused-ring (bicyclic) bond motifs is 7. The van der Waals surface area contributed by atoms with Gasteiger partial charge in [-0.05, 0) is 88.8 Å². The fourth-order valence-electron chi connectivity index (χ4n) is 6.73. The predicted octanol–water partition coefficient (Wildman–Crippen LogP) is 7.88. The standard InChI is InChI=1S/C33H32N3/c1-18-9-8-10-26-27(18)23-13-14-25-29-31(23)36(26)30-20(3)22-12-11-21(16-33(4,5)6)15-24(22)19(2)28(30)32(29)35(7)17-34-25/h8-15,17H,16H2,1-7H3/q+1. The molecule has 0 amide bonds. The molecule has 3 nitrogen and oxygen atoms in total. The van der Waals surface area contributed by atoms with Gasteiger partial charge in [-0.3, -0.25) is 0 Å². The van der Waals surface area contributed by atoms with Gasteiger partial charge in [0.15, 0.2) is 5.52 Å². The molecule has 0 spiro atoms. The van der Waals surface area contributed by atoms with Crippen LogP contribution < -0.4 is 4.57 Å². The lowest BCUT2D eigenvalue weighted by Crippen LogP contribution is -2.30. The Morgan fingerprint density at radius 3 is 2.36 bits per heavy atom. The van der Waals surface area contributed by atoms with E-state index in [-0.39, 0.29) is 5.41 Å². The molecule has 0 fully saturated rings. The van der Waals surface area contributed by atoms with Gasteiger partial charge in [0.1, 0.15) is 5.52 Å². The number of aromatic nitrogens is 3. The van der Waals surface area contributed by atoms with Crippen molar-refractivity contribution in [1.82, 2.24) is 9.38 Å². The summed E-state index contributed by atoms with van der Waals surface area (Å²) in [5.74, 6) is 0. The van der Waals surface area contributed by atoms with E-state index in [0.29, 0.717) is 0 Å². The normalized spacial score (nSPS) is 13.0. The minimum Gasteiger partial charge on any atom is -0.307 e. The molecule has 0 atom stereocenters. The number of hydrogen-bond donors (Lipinski definition) is 0. The van der Waals surface area contributed by atoms with Crippen LogP contribution in [0.3, 0.4) is 0 Å². The second-order valence-electron chi connectivity index (χ2n) is 12.0. The van der Waals surface area contributed by atoms with E-state index in [1.165, 1.54) is 76.6 Å². The molecule has 3 aromatic heterocycles. The molecule has 178 valence electrons. The number of nitrogens with zero attached hydrogens (tertiary/aromatic N) is 3. The predicted molar refractivity (Wildman–Crippen MR) is 152 cm³/mol. The Bertz CT molecular complexity index is 2030. The van der Waals surface area contributed by atoms with Crippen LogP contribution in [0.15, 0.2) is 54.9 Å². The fourth-order valence-corrected chi connectivity index (χ4v) is 6.73. The van der Waals surface area contributed by atoms with Gasteiger partial charge in [-0.1, -0.05) is 51.1 Å². The summed E-state index contributed by atoms with van der Waals surface area (Å²) in [6, 6.07) is 18.3. The lowest BCUT2D eigenvalue weighted by molar-refractivity contribution is -0.646. The molecule has 4 aromatic carbocycles. The van der Waals surface area contributed by atoms with E-state index >= 15 is 0 Å².